The summed E-state index contributed by atoms with van der Waals surface area (Å²) in [6.07, 6.45) is 2.57. The number of carboxylic acid groups (broad SMARTS) is 1. The van der Waals surface area contributed by atoms with Crippen LogP contribution in [0.3, 0.4) is 0 Å². The lowest BCUT2D eigenvalue weighted by Gasteiger charge is -2.24. The molecule has 4 atom stereocenters. The molecule has 14 heteroatoms. The van der Waals surface area contributed by atoms with E-state index in [-0.39, 0.29) is 31.4 Å². The van der Waals surface area contributed by atoms with Gasteiger partial charge >= 0.3 is 5.97 Å². The van der Waals surface area contributed by atoms with E-state index >= 15 is 0 Å². The first kappa shape index (κ1) is 28.8. The van der Waals surface area contributed by atoms with E-state index in [9.17, 15) is 29.1 Å². The van der Waals surface area contributed by atoms with Gasteiger partial charge in [-0.05, 0) is 31.0 Å². The Morgan fingerprint density at radius 2 is 1.59 bits per heavy atom. The van der Waals surface area contributed by atoms with Crippen LogP contribution >= 0.6 is 0 Å². The zero-order valence-electron chi connectivity index (χ0n) is 20.1. The summed E-state index contributed by atoms with van der Waals surface area (Å²) in [5.41, 5.74) is 12.3. The fourth-order valence-electron chi connectivity index (χ4n) is 3.29. The van der Waals surface area contributed by atoms with Crippen LogP contribution < -0.4 is 27.4 Å². The minimum absolute atomic E-state index is 0.00557. The van der Waals surface area contributed by atoms with Crippen LogP contribution in [-0.4, -0.2) is 73.9 Å². The maximum atomic E-state index is 13.1. The third-order valence-electron chi connectivity index (χ3n) is 5.38. The summed E-state index contributed by atoms with van der Waals surface area (Å²) >= 11 is 0. The van der Waals surface area contributed by atoms with Crippen LogP contribution in [0.25, 0.3) is 0 Å². The van der Waals surface area contributed by atoms with Gasteiger partial charge in [0, 0.05) is 31.2 Å². The van der Waals surface area contributed by atoms with Gasteiger partial charge in [-0.2, -0.15) is 0 Å². The van der Waals surface area contributed by atoms with Crippen LogP contribution in [-0.2, 0) is 36.8 Å². The number of amides is 4. The molecular formula is C23H31N7O7. The van der Waals surface area contributed by atoms with Crippen molar-refractivity contribution in [2.45, 2.75) is 56.8 Å². The summed E-state index contributed by atoms with van der Waals surface area (Å²) in [4.78, 5) is 67.8. The molecule has 0 radical (unpaired) electrons. The first-order chi connectivity index (χ1) is 17.5. The second-order valence-corrected chi connectivity index (χ2v) is 8.45. The van der Waals surface area contributed by atoms with E-state index in [0.29, 0.717) is 11.3 Å². The number of H-pyrrole nitrogens is 1. The van der Waals surface area contributed by atoms with Crippen molar-refractivity contribution in [1.29, 1.82) is 0 Å². The van der Waals surface area contributed by atoms with Crippen molar-refractivity contribution >= 4 is 29.6 Å². The highest BCUT2D eigenvalue weighted by Crippen LogP contribution is 2.12. The molecule has 0 aliphatic carbocycles. The number of nitrogens with one attached hydrogen (secondary N) is 4. The first-order valence-electron chi connectivity index (χ1n) is 11.4. The standard InChI is InChI=1S/C23H31N7O7/c1-12(23(36)37)28-22(35)18(8-13-2-4-15(31)5-3-13)30-21(34)17(6-7-19(25)32)29-20(33)16(24)9-14-10-26-11-27-14/h2-5,10-12,16-18,31H,6-9,24H2,1H3,(H2,25,32)(H,26,27)(H,28,35)(H,29,33)(H,30,34)(H,36,37). The van der Waals surface area contributed by atoms with Crippen molar-refractivity contribution in [3.05, 3.63) is 48.0 Å². The number of imidazole rings is 1. The Morgan fingerprint density at radius 1 is 0.973 bits per heavy atom. The number of primary amides is 1. The minimum atomic E-state index is -1.28. The fourth-order valence-corrected chi connectivity index (χ4v) is 3.29. The number of carbonyl (C=O) groups excluding carboxylic acids is 4. The Morgan fingerprint density at radius 3 is 2.16 bits per heavy atom. The molecule has 0 aliphatic rings. The zero-order chi connectivity index (χ0) is 27.5. The average Bonchev–Trinajstić information content (AvgIpc) is 3.35. The number of nitrogens with zero attached hydrogens (tertiary/aromatic N) is 1. The fraction of sp³-hybridized carbons (Fsp3) is 0.391. The van der Waals surface area contributed by atoms with Crippen LogP contribution in [0, 0.1) is 0 Å². The Balaban J connectivity index is 2.19. The van der Waals surface area contributed by atoms with Gasteiger partial charge in [0.2, 0.25) is 23.6 Å². The number of hydrogen-bond acceptors (Lipinski definition) is 8. The Hall–Kier alpha value is -4.46. The summed E-state index contributed by atoms with van der Waals surface area (Å²) < 4.78 is 0. The smallest absolute Gasteiger partial charge is 0.325 e. The zero-order valence-corrected chi connectivity index (χ0v) is 20.1. The lowest BCUT2D eigenvalue weighted by atomic mass is 10.0. The van der Waals surface area contributed by atoms with E-state index in [2.05, 4.69) is 25.9 Å². The maximum absolute atomic E-state index is 13.1. The summed E-state index contributed by atoms with van der Waals surface area (Å²) in [5, 5.41) is 25.9. The van der Waals surface area contributed by atoms with Crippen molar-refractivity contribution < 1.29 is 34.2 Å². The number of rotatable bonds is 14. The predicted octanol–water partition coefficient (Wildman–Crippen LogP) is -1.95. The van der Waals surface area contributed by atoms with Gasteiger partial charge in [-0.1, -0.05) is 12.1 Å². The molecule has 2 aromatic rings. The monoisotopic (exact) mass is 517 g/mol. The van der Waals surface area contributed by atoms with Crippen molar-refractivity contribution in [2.24, 2.45) is 11.5 Å². The number of nitrogens with two attached hydrogens (primary N) is 2. The summed E-state index contributed by atoms with van der Waals surface area (Å²) in [7, 11) is 0. The molecule has 0 saturated heterocycles. The molecule has 1 aromatic carbocycles. The van der Waals surface area contributed by atoms with Gasteiger partial charge in [-0.25, -0.2) is 4.98 Å². The molecule has 37 heavy (non-hydrogen) atoms. The summed E-state index contributed by atoms with van der Waals surface area (Å²) in [6.45, 7) is 1.26. The van der Waals surface area contributed by atoms with Crippen LogP contribution in [0.1, 0.15) is 31.0 Å². The molecule has 0 bridgehead atoms. The number of phenolic OH excluding ortho intramolecular Hbond substituents is 1. The number of aromatic amines is 1. The molecule has 14 nitrogen and oxygen atoms in total. The van der Waals surface area contributed by atoms with Gasteiger partial charge < -0.3 is 42.6 Å². The number of carbonyl (C=O) groups is 5. The molecular weight excluding hydrogens is 486 g/mol. The molecule has 0 fully saturated rings. The van der Waals surface area contributed by atoms with Gasteiger partial charge in [-0.15, -0.1) is 0 Å². The Kier molecular flexibility index (Phi) is 10.6. The van der Waals surface area contributed by atoms with Crippen LogP contribution in [0.5, 0.6) is 5.75 Å². The second-order valence-electron chi connectivity index (χ2n) is 8.45. The third-order valence-corrected chi connectivity index (χ3v) is 5.38. The lowest BCUT2D eigenvalue weighted by Crippen LogP contribution is -2.57. The summed E-state index contributed by atoms with van der Waals surface area (Å²) in [6, 6.07) is 1.05. The van der Waals surface area contributed by atoms with Crippen molar-refractivity contribution in [2.75, 3.05) is 0 Å². The van der Waals surface area contributed by atoms with E-state index < -0.39 is 53.8 Å². The van der Waals surface area contributed by atoms with E-state index in [1.807, 2.05) is 0 Å². The number of hydrogen-bond donors (Lipinski definition) is 8. The maximum Gasteiger partial charge on any atom is 0.325 e. The Bertz CT molecular complexity index is 1090. The number of phenols is 1. The van der Waals surface area contributed by atoms with Gasteiger partial charge in [0.25, 0.3) is 0 Å². The van der Waals surface area contributed by atoms with E-state index in [4.69, 9.17) is 16.6 Å². The van der Waals surface area contributed by atoms with Gasteiger partial charge in [-0.3, -0.25) is 24.0 Å². The molecule has 0 saturated carbocycles. The molecule has 0 aliphatic heterocycles. The second kappa shape index (κ2) is 13.6. The number of benzene rings is 1. The molecule has 4 unspecified atom stereocenters. The normalized spacial score (nSPS) is 14.0. The number of carboxylic acids is 1. The lowest BCUT2D eigenvalue weighted by molar-refractivity contribution is -0.141. The van der Waals surface area contributed by atoms with Crippen LogP contribution in [0.2, 0.25) is 0 Å². The molecule has 1 aromatic heterocycles. The first-order valence-corrected chi connectivity index (χ1v) is 11.4. The summed E-state index contributed by atoms with van der Waals surface area (Å²) in [5.74, 6) is -4.26. The highest BCUT2D eigenvalue weighted by Gasteiger charge is 2.30. The van der Waals surface area contributed by atoms with E-state index in [1.54, 1.807) is 0 Å². The largest absolute Gasteiger partial charge is 0.508 e. The molecule has 1 heterocycles. The molecule has 10 N–H and O–H groups in total. The quantitative estimate of drug-likeness (QED) is 0.139. The molecule has 200 valence electrons. The molecule has 0 spiro atoms. The number of aromatic hydroxyl groups is 1. The van der Waals surface area contributed by atoms with Gasteiger partial charge in [0.15, 0.2) is 0 Å². The molecule has 4 amide bonds. The third kappa shape index (κ3) is 9.60. The Labute approximate surface area is 212 Å². The predicted molar refractivity (Wildman–Crippen MR) is 130 cm³/mol. The number of aliphatic carboxylic acids is 1. The SMILES string of the molecule is CC(NC(=O)C(Cc1ccc(O)cc1)NC(=O)C(CCC(N)=O)NC(=O)C(N)Cc1cnc[nH]1)C(=O)O. The topological polar surface area (TPSA) is 243 Å². The highest BCUT2D eigenvalue weighted by molar-refractivity contribution is 5.94. The van der Waals surface area contributed by atoms with Crippen molar-refractivity contribution in [3.8, 4) is 5.75 Å². The van der Waals surface area contributed by atoms with Gasteiger partial charge in [0.1, 0.15) is 23.9 Å². The van der Waals surface area contributed by atoms with Crippen LogP contribution in [0.15, 0.2) is 36.8 Å². The van der Waals surface area contributed by atoms with E-state index in [0.717, 1.165) is 0 Å². The minimum Gasteiger partial charge on any atom is -0.508 e. The van der Waals surface area contributed by atoms with Crippen LogP contribution in [0.4, 0.5) is 0 Å². The highest BCUT2D eigenvalue weighted by atomic mass is 16.4. The number of aromatic nitrogens is 2. The van der Waals surface area contributed by atoms with Crippen molar-refractivity contribution in [3.63, 3.8) is 0 Å². The van der Waals surface area contributed by atoms with Crippen molar-refractivity contribution in [1.82, 2.24) is 25.9 Å². The van der Waals surface area contributed by atoms with E-state index in [1.165, 1.54) is 43.7 Å². The van der Waals surface area contributed by atoms with Gasteiger partial charge in [0.05, 0.1) is 12.4 Å². The average molecular weight is 518 g/mol. The molecule has 2 rings (SSSR count).